The number of phenolic OH excluding ortho intramolecular Hbond substituents is 1. The maximum atomic E-state index is 16.9. The molecule has 0 saturated carbocycles. The number of piperazine rings is 1. The number of nitrogens with zero attached hydrogens (tertiary/aromatic N) is 4. The largest absolute Gasteiger partial charge is 0.508 e. The van der Waals surface area contributed by atoms with Crippen molar-refractivity contribution < 1.29 is 27.8 Å². The summed E-state index contributed by atoms with van der Waals surface area (Å²) in [5.74, 6) is -1.96. The van der Waals surface area contributed by atoms with E-state index in [1.165, 1.54) is 30.3 Å². The Balaban J connectivity index is 1.26. The number of ether oxygens (including phenoxy) is 2. The van der Waals surface area contributed by atoms with Crippen LogP contribution in [0.5, 0.6) is 11.8 Å². The first kappa shape index (κ1) is 33.6. The normalized spacial score (nSPS) is 20.9. The Morgan fingerprint density at radius 1 is 1.04 bits per heavy atom. The molecule has 3 fully saturated rings. The zero-order valence-electron chi connectivity index (χ0n) is 28.0. The molecule has 7 rings (SSSR count). The van der Waals surface area contributed by atoms with Gasteiger partial charge in [-0.15, -0.1) is 6.58 Å². The molecule has 3 unspecified atom stereocenters. The number of hydrogen-bond acceptors (Lipinski definition) is 8. The summed E-state index contributed by atoms with van der Waals surface area (Å²) in [6.07, 6.45) is 7.95. The van der Waals surface area contributed by atoms with Crippen molar-refractivity contribution in [3.8, 4) is 22.9 Å². The highest BCUT2D eigenvalue weighted by atomic mass is 19.1. The number of rotatable bonds is 13. The molecule has 3 aliphatic rings. The lowest BCUT2D eigenvalue weighted by atomic mass is 9.91. The number of aryl methyl sites for hydroxylation is 1. The van der Waals surface area contributed by atoms with Gasteiger partial charge in [-0.1, -0.05) is 19.1 Å². The van der Waals surface area contributed by atoms with Crippen molar-refractivity contribution in [2.24, 2.45) is 0 Å². The molecule has 3 saturated heterocycles. The fourth-order valence-corrected chi connectivity index (χ4v) is 7.91. The predicted molar refractivity (Wildman–Crippen MR) is 186 cm³/mol. The van der Waals surface area contributed by atoms with Gasteiger partial charge in [0.2, 0.25) is 0 Å². The topological polar surface area (TPSA) is 83.0 Å². The van der Waals surface area contributed by atoms with Crippen LogP contribution in [0.15, 0.2) is 43.0 Å². The van der Waals surface area contributed by atoms with Crippen LogP contribution in [-0.4, -0.2) is 84.1 Å². The number of halogens is 3. The molecule has 2 N–H and O–H groups in total. The lowest BCUT2D eigenvalue weighted by Gasteiger charge is -2.34. The number of likely N-dealkylation sites (tertiary alicyclic amines) is 1. The summed E-state index contributed by atoms with van der Waals surface area (Å²) in [6.45, 7) is 10.3. The smallest absolute Gasteiger partial charge is 0.319 e. The van der Waals surface area contributed by atoms with E-state index in [-0.39, 0.29) is 51.9 Å². The van der Waals surface area contributed by atoms with Crippen molar-refractivity contribution in [3.05, 3.63) is 66.0 Å². The van der Waals surface area contributed by atoms with Crippen molar-refractivity contribution in [2.75, 3.05) is 50.9 Å². The molecule has 4 aromatic rings. The molecule has 3 aliphatic heterocycles. The Labute approximate surface area is 284 Å². The summed E-state index contributed by atoms with van der Waals surface area (Å²) < 4.78 is 60.2. The van der Waals surface area contributed by atoms with Gasteiger partial charge in [-0.25, -0.2) is 13.2 Å². The third-order valence-corrected chi connectivity index (χ3v) is 10.2. The van der Waals surface area contributed by atoms with E-state index in [0.29, 0.717) is 61.5 Å². The second-order valence-corrected chi connectivity index (χ2v) is 13.5. The summed E-state index contributed by atoms with van der Waals surface area (Å²) in [7, 11) is 0. The minimum atomic E-state index is -0.904. The fourth-order valence-electron chi connectivity index (χ4n) is 7.91. The quantitative estimate of drug-likeness (QED) is 0.117. The number of aromatic hydroxyl groups is 1. The van der Waals surface area contributed by atoms with Gasteiger partial charge in [-0.3, -0.25) is 4.90 Å². The molecule has 0 amide bonds. The summed E-state index contributed by atoms with van der Waals surface area (Å²) in [5.41, 5.74) is -0.0594. The van der Waals surface area contributed by atoms with Crippen LogP contribution in [-0.2, 0) is 11.2 Å². The lowest BCUT2D eigenvalue weighted by Crippen LogP contribution is -2.51. The Morgan fingerprint density at radius 2 is 1.86 bits per heavy atom. The molecular weight excluding hydrogens is 631 g/mol. The standard InChI is InChI=1S/C38H44F3N5O3/c1-3-5-15-48-16-7-14-45-13-6-8-26(45)22-49-38-43-36-30(37(44-38)46-20-24-10-11-25(21-46)42-24)19-32(40)34(35(36)41)29-18-27(47)17-23-9-12-31(39)28(4-2)33(23)29/h3,9,12,17-19,24-26,42,47H,1,4-8,10-11,13-16,20-22H2,2H3. The van der Waals surface area contributed by atoms with Gasteiger partial charge < -0.3 is 24.8 Å². The van der Waals surface area contributed by atoms with E-state index in [4.69, 9.17) is 14.5 Å². The highest BCUT2D eigenvalue weighted by Gasteiger charge is 2.35. The summed E-state index contributed by atoms with van der Waals surface area (Å²) in [4.78, 5) is 13.8. The fraction of sp³-hybridized carbons (Fsp3) is 0.474. The van der Waals surface area contributed by atoms with Crippen molar-refractivity contribution in [1.82, 2.24) is 20.2 Å². The van der Waals surface area contributed by atoms with Crippen molar-refractivity contribution >= 4 is 27.5 Å². The summed E-state index contributed by atoms with van der Waals surface area (Å²) >= 11 is 0. The molecule has 260 valence electrons. The van der Waals surface area contributed by atoms with Gasteiger partial charge in [0, 0.05) is 56.4 Å². The molecule has 2 bridgehead atoms. The maximum absolute atomic E-state index is 16.9. The molecule has 3 aromatic carbocycles. The summed E-state index contributed by atoms with van der Waals surface area (Å²) in [5, 5.41) is 15.3. The molecule has 0 aliphatic carbocycles. The van der Waals surface area contributed by atoms with Gasteiger partial charge in [-0.2, -0.15) is 9.97 Å². The van der Waals surface area contributed by atoms with Crippen molar-refractivity contribution in [3.63, 3.8) is 0 Å². The number of nitrogens with one attached hydrogen (secondary N) is 1. The number of benzene rings is 3. The highest BCUT2D eigenvalue weighted by Crippen LogP contribution is 2.42. The van der Waals surface area contributed by atoms with E-state index in [1.54, 1.807) is 6.92 Å². The summed E-state index contributed by atoms with van der Waals surface area (Å²) in [6, 6.07) is 7.57. The number of aromatic nitrogens is 2. The van der Waals surface area contributed by atoms with E-state index in [0.717, 1.165) is 51.6 Å². The molecular formula is C38H44F3N5O3. The van der Waals surface area contributed by atoms with E-state index >= 15 is 13.2 Å². The van der Waals surface area contributed by atoms with Gasteiger partial charge in [0.1, 0.15) is 35.3 Å². The minimum absolute atomic E-state index is 0.0329. The third-order valence-electron chi connectivity index (χ3n) is 10.2. The first-order valence-electron chi connectivity index (χ1n) is 17.5. The Morgan fingerprint density at radius 3 is 2.63 bits per heavy atom. The molecule has 8 nitrogen and oxygen atoms in total. The van der Waals surface area contributed by atoms with E-state index in [9.17, 15) is 5.11 Å². The molecule has 11 heteroatoms. The monoisotopic (exact) mass is 675 g/mol. The Hall–Kier alpha value is -3.93. The van der Waals surface area contributed by atoms with Crippen LogP contribution < -0.4 is 15.0 Å². The van der Waals surface area contributed by atoms with Crippen LogP contribution in [0.4, 0.5) is 19.0 Å². The highest BCUT2D eigenvalue weighted by molar-refractivity contribution is 6.03. The van der Waals surface area contributed by atoms with Gasteiger partial charge in [0.25, 0.3) is 0 Å². The molecule has 49 heavy (non-hydrogen) atoms. The second-order valence-electron chi connectivity index (χ2n) is 13.5. The van der Waals surface area contributed by atoms with Crippen LogP contribution in [0.1, 0.15) is 51.0 Å². The average molecular weight is 676 g/mol. The van der Waals surface area contributed by atoms with Gasteiger partial charge in [0.15, 0.2) is 5.82 Å². The van der Waals surface area contributed by atoms with Crippen LogP contribution in [0.25, 0.3) is 32.8 Å². The first-order chi connectivity index (χ1) is 23.8. The minimum Gasteiger partial charge on any atom is -0.508 e. The molecule has 4 heterocycles. The Kier molecular flexibility index (Phi) is 9.94. The van der Waals surface area contributed by atoms with Gasteiger partial charge in [-0.05, 0) is 97.7 Å². The van der Waals surface area contributed by atoms with Crippen LogP contribution >= 0.6 is 0 Å². The molecule has 0 radical (unpaired) electrons. The predicted octanol–water partition coefficient (Wildman–Crippen LogP) is 6.90. The second kappa shape index (κ2) is 14.5. The van der Waals surface area contributed by atoms with Crippen LogP contribution in [0.2, 0.25) is 0 Å². The zero-order valence-corrected chi connectivity index (χ0v) is 28.0. The van der Waals surface area contributed by atoms with Gasteiger partial charge in [0.05, 0.1) is 5.56 Å². The molecule has 1 aromatic heterocycles. The Bertz CT molecular complexity index is 1840. The van der Waals surface area contributed by atoms with Gasteiger partial charge >= 0.3 is 6.01 Å². The number of fused-ring (bicyclic) bond motifs is 4. The number of anilines is 1. The SMILES string of the molecule is C=CCCOCCCN1CCCC1COc1nc(N2CC3CCC(C2)N3)c2cc(F)c(-c3cc(O)cc4ccc(F)c(CC)c34)c(F)c2n1. The number of hydrogen-bond donors (Lipinski definition) is 2. The van der Waals surface area contributed by atoms with Crippen molar-refractivity contribution in [1.29, 1.82) is 0 Å². The van der Waals surface area contributed by atoms with Crippen LogP contribution in [0.3, 0.4) is 0 Å². The van der Waals surface area contributed by atoms with E-state index in [1.807, 2.05) is 6.08 Å². The maximum Gasteiger partial charge on any atom is 0.319 e. The van der Waals surface area contributed by atoms with Crippen LogP contribution in [0, 0.1) is 17.5 Å². The first-order valence-corrected chi connectivity index (χ1v) is 17.5. The number of phenols is 1. The zero-order chi connectivity index (χ0) is 34.1. The van der Waals surface area contributed by atoms with E-state index < -0.39 is 17.5 Å². The van der Waals surface area contributed by atoms with Crippen molar-refractivity contribution in [2.45, 2.75) is 70.0 Å². The lowest BCUT2D eigenvalue weighted by molar-refractivity contribution is 0.113. The molecule has 3 atom stereocenters. The van der Waals surface area contributed by atoms with E-state index in [2.05, 4.69) is 26.7 Å². The average Bonchev–Trinajstić information content (AvgIpc) is 3.69. The third kappa shape index (κ3) is 6.80. The molecule has 0 spiro atoms.